The molecule has 1 unspecified atom stereocenters. The smallest absolute Gasteiger partial charge is 0.178 e. The van der Waals surface area contributed by atoms with Crippen LogP contribution >= 0.6 is 0 Å². The Labute approximate surface area is 273 Å². The second kappa shape index (κ2) is 14.1. The van der Waals surface area contributed by atoms with Gasteiger partial charge in [-0.3, -0.25) is 4.40 Å². The van der Waals surface area contributed by atoms with Crippen LogP contribution in [0.2, 0.25) is 0 Å². The molecule has 2 aliphatic rings. The van der Waals surface area contributed by atoms with Gasteiger partial charge in [-0.15, -0.1) is 5.10 Å². The van der Waals surface area contributed by atoms with Crippen molar-refractivity contribution in [2.75, 3.05) is 10.6 Å². The Bertz CT molecular complexity index is 1710. The molecular weight excluding hydrogens is 568 g/mol. The van der Waals surface area contributed by atoms with Crippen LogP contribution in [-0.2, 0) is 6.42 Å². The van der Waals surface area contributed by atoms with E-state index in [4.69, 9.17) is 4.98 Å². The van der Waals surface area contributed by atoms with Crippen molar-refractivity contribution in [3.63, 3.8) is 0 Å². The molecule has 8 nitrogen and oxygen atoms in total. The molecule has 2 N–H and O–H groups in total. The maximum Gasteiger partial charge on any atom is 0.178 e. The minimum absolute atomic E-state index is 0.185. The molecule has 2 aromatic carbocycles. The number of fused-ring (bicyclic) bond motifs is 1. The number of imidazole rings is 1. The first kappa shape index (κ1) is 30.5. The van der Waals surface area contributed by atoms with E-state index in [9.17, 15) is 0 Å². The van der Waals surface area contributed by atoms with E-state index in [1.807, 2.05) is 0 Å². The van der Waals surface area contributed by atoms with Crippen molar-refractivity contribution in [3.8, 4) is 11.3 Å². The average molecular weight is 617 g/mol. The van der Waals surface area contributed by atoms with E-state index in [2.05, 4.69) is 116 Å². The third-order valence-electron chi connectivity index (χ3n) is 10.1. The number of anilines is 2. The summed E-state index contributed by atoms with van der Waals surface area (Å²) in [6, 6.07) is 24.8. The Morgan fingerprint density at radius 3 is 2.33 bits per heavy atom. The van der Waals surface area contributed by atoms with Crippen LogP contribution in [0.4, 0.5) is 11.5 Å². The number of tetrazole rings is 1. The van der Waals surface area contributed by atoms with Crippen LogP contribution in [0.5, 0.6) is 0 Å². The van der Waals surface area contributed by atoms with Gasteiger partial charge in [0.25, 0.3) is 0 Å². The summed E-state index contributed by atoms with van der Waals surface area (Å²) in [5.41, 5.74) is 7.86. The Hall–Kier alpha value is -4.20. The maximum absolute atomic E-state index is 5.15. The van der Waals surface area contributed by atoms with Crippen molar-refractivity contribution in [1.82, 2.24) is 29.6 Å². The molecule has 1 atom stereocenters. The van der Waals surface area contributed by atoms with Gasteiger partial charge in [0.2, 0.25) is 0 Å². The van der Waals surface area contributed by atoms with E-state index in [1.165, 1.54) is 75.5 Å². The van der Waals surface area contributed by atoms with Gasteiger partial charge in [-0.05, 0) is 91.3 Å². The van der Waals surface area contributed by atoms with Crippen molar-refractivity contribution in [3.05, 3.63) is 89.4 Å². The summed E-state index contributed by atoms with van der Waals surface area (Å²) < 4.78 is 4.38. The summed E-state index contributed by atoms with van der Waals surface area (Å²) >= 11 is 0. The quantitative estimate of drug-likeness (QED) is 0.154. The van der Waals surface area contributed by atoms with Gasteiger partial charge >= 0.3 is 0 Å². The number of nitrogens with zero attached hydrogens (tertiary/aromatic N) is 6. The highest BCUT2D eigenvalue weighted by atomic mass is 15.6. The molecular formula is C38H48N8. The third-order valence-corrected chi connectivity index (χ3v) is 10.1. The van der Waals surface area contributed by atoms with E-state index < -0.39 is 0 Å². The summed E-state index contributed by atoms with van der Waals surface area (Å²) in [5.74, 6) is 1.98. The normalized spacial score (nSPS) is 16.9. The fourth-order valence-electron chi connectivity index (χ4n) is 7.45. The standard InChI is InChI=1S/C38H48N8/c1-3-4-13-28-19-25-32(26-20-28)39-36(38-42-43-44-46(38)33-16-9-6-10-17-33)30-23-21-29(22-24-30)35-37(40-31-14-7-5-8-15-31)45-27(2)12-11-18-34(45)41-35/h11-12,18-26,31,33,36,39-40H,3-10,13-17H2,1-2H3. The van der Waals surface area contributed by atoms with Crippen LogP contribution in [0.3, 0.4) is 0 Å². The van der Waals surface area contributed by atoms with Crippen molar-refractivity contribution < 1.29 is 0 Å². The van der Waals surface area contributed by atoms with Crippen LogP contribution in [0.1, 0.15) is 119 Å². The van der Waals surface area contributed by atoms with Gasteiger partial charge in [0.1, 0.15) is 23.2 Å². The second-order valence-corrected chi connectivity index (χ2v) is 13.4. The molecule has 240 valence electrons. The van der Waals surface area contributed by atoms with E-state index in [0.29, 0.717) is 12.1 Å². The van der Waals surface area contributed by atoms with Gasteiger partial charge in [0.15, 0.2) is 5.82 Å². The first-order chi connectivity index (χ1) is 22.7. The van der Waals surface area contributed by atoms with Crippen molar-refractivity contribution in [2.45, 2.75) is 115 Å². The summed E-state index contributed by atoms with van der Waals surface area (Å²) in [6.07, 6.45) is 15.8. The van der Waals surface area contributed by atoms with Gasteiger partial charge in [-0.1, -0.05) is 94.3 Å². The molecule has 0 spiro atoms. The molecule has 0 amide bonds. The predicted octanol–water partition coefficient (Wildman–Crippen LogP) is 9.09. The van der Waals surface area contributed by atoms with Crippen LogP contribution in [-0.4, -0.2) is 35.6 Å². The van der Waals surface area contributed by atoms with Crippen LogP contribution in [0.15, 0.2) is 66.7 Å². The number of unbranched alkanes of at least 4 members (excludes halogenated alkanes) is 1. The molecule has 2 saturated carbocycles. The van der Waals surface area contributed by atoms with Crippen molar-refractivity contribution in [2.24, 2.45) is 0 Å². The number of pyridine rings is 1. The molecule has 0 aliphatic heterocycles. The molecule has 3 aromatic heterocycles. The molecule has 3 heterocycles. The van der Waals surface area contributed by atoms with Crippen molar-refractivity contribution in [1.29, 1.82) is 0 Å². The van der Waals surface area contributed by atoms with Gasteiger partial charge < -0.3 is 10.6 Å². The molecule has 5 aromatic rings. The summed E-state index contributed by atoms with van der Waals surface area (Å²) in [6.45, 7) is 4.41. The number of aromatic nitrogens is 6. The molecule has 0 bridgehead atoms. The third kappa shape index (κ3) is 6.53. The number of hydrogen-bond donors (Lipinski definition) is 2. The topological polar surface area (TPSA) is 85.0 Å². The molecule has 7 rings (SSSR count). The zero-order valence-electron chi connectivity index (χ0n) is 27.5. The maximum atomic E-state index is 5.15. The fraction of sp³-hybridized carbons (Fsp3) is 0.474. The lowest BCUT2D eigenvalue weighted by Crippen LogP contribution is -2.23. The average Bonchev–Trinajstić information content (AvgIpc) is 3.74. The Balaban J connectivity index is 1.23. The molecule has 46 heavy (non-hydrogen) atoms. The first-order valence-corrected chi connectivity index (χ1v) is 17.7. The highest BCUT2D eigenvalue weighted by Gasteiger charge is 2.27. The van der Waals surface area contributed by atoms with E-state index in [-0.39, 0.29) is 6.04 Å². The van der Waals surface area contributed by atoms with Gasteiger partial charge in [0.05, 0.1) is 6.04 Å². The number of nitrogens with one attached hydrogen (secondary N) is 2. The molecule has 2 fully saturated rings. The Kier molecular flexibility index (Phi) is 9.31. The lowest BCUT2D eigenvalue weighted by molar-refractivity contribution is 0.315. The summed E-state index contributed by atoms with van der Waals surface area (Å²) in [4.78, 5) is 5.15. The summed E-state index contributed by atoms with van der Waals surface area (Å²) in [7, 11) is 0. The second-order valence-electron chi connectivity index (χ2n) is 13.4. The van der Waals surface area contributed by atoms with Crippen LogP contribution in [0, 0.1) is 6.92 Å². The van der Waals surface area contributed by atoms with Gasteiger partial charge in [-0.2, -0.15) is 0 Å². The highest BCUT2D eigenvalue weighted by molar-refractivity contribution is 5.77. The minimum Gasteiger partial charge on any atom is -0.371 e. The minimum atomic E-state index is -0.185. The van der Waals surface area contributed by atoms with Crippen LogP contribution in [0.25, 0.3) is 16.9 Å². The molecule has 2 aliphatic carbocycles. The molecule has 8 heteroatoms. The highest BCUT2D eigenvalue weighted by Crippen LogP contribution is 2.36. The summed E-state index contributed by atoms with van der Waals surface area (Å²) in [5, 5.41) is 21.1. The Morgan fingerprint density at radius 2 is 1.59 bits per heavy atom. The van der Waals surface area contributed by atoms with Gasteiger partial charge in [0, 0.05) is 23.0 Å². The van der Waals surface area contributed by atoms with E-state index in [0.717, 1.165) is 59.1 Å². The first-order valence-electron chi connectivity index (χ1n) is 17.7. The lowest BCUT2D eigenvalue weighted by atomic mass is 9.95. The SMILES string of the molecule is CCCCc1ccc(NC(c2ccc(-c3nc4cccc(C)n4c3NC3CCCCC3)cc2)c2nnnn2C2CCCCC2)cc1. The van der Waals surface area contributed by atoms with Crippen molar-refractivity contribution >= 4 is 17.2 Å². The lowest BCUT2D eigenvalue weighted by Gasteiger charge is -2.26. The van der Waals surface area contributed by atoms with Crippen LogP contribution < -0.4 is 10.6 Å². The zero-order chi connectivity index (χ0) is 31.3. The number of benzene rings is 2. The number of aryl methyl sites for hydroxylation is 2. The van der Waals surface area contributed by atoms with E-state index >= 15 is 0 Å². The number of rotatable bonds is 11. The monoisotopic (exact) mass is 616 g/mol. The largest absolute Gasteiger partial charge is 0.371 e. The fourth-order valence-corrected chi connectivity index (χ4v) is 7.45. The predicted molar refractivity (Wildman–Crippen MR) is 186 cm³/mol. The van der Waals surface area contributed by atoms with Gasteiger partial charge in [-0.25, -0.2) is 9.67 Å². The molecule has 0 radical (unpaired) electrons. The zero-order valence-corrected chi connectivity index (χ0v) is 27.5. The van der Waals surface area contributed by atoms with E-state index in [1.54, 1.807) is 0 Å². The number of hydrogen-bond acceptors (Lipinski definition) is 6. The Morgan fingerprint density at radius 1 is 0.848 bits per heavy atom. The molecule has 0 saturated heterocycles.